The van der Waals surface area contributed by atoms with Gasteiger partial charge in [-0.3, -0.25) is 4.79 Å². The van der Waals surface area contributed by atoms with Crippen molar-refractivity contribution in [3.63, 3.8) is 0 Å². The summed E-state index contributed by atoms with van der Waals surface area (Å²) in [6.45, 7) is 3.71. The minimum absolute atomic E-state index is 0.382. The standard InChI is InChI=1S/C8H10O/c1-2-6-5-3-7(6)8(9)4-5/h2,5-7H,1,3-4H2/t5-,6-,7-/m1/s1. The largest absolute Gasteiger partial charge is 0.299 e. The highest BCUT2D eigenvalue weighted by Crippen LogP contribution is 2.51. The van der Waals surface area contributed by atoms with Crippen LogP contribution in [0.4, 0.5) is 0 Å². The summed E-state index contributed by atoms with van der Waals surface area (Å²) in [7, 11) is 0. The van der Waals surface area contributed by atoms with Crippen molar-refractivity contribution in [3.8, 4) is 0 Å². The molecule has 3 aliphatic rings. The van der Waals surface area contributed by atoms with Crippen molar-refractivity contribution < 1.29 is 4.79 Å². The van der Waals surface area contributed by atoms with Crippen molar-refractivity contribution >= 4 is 5.78 Å². The van der Waals surface area contributed by atoms with Gasteiger partial charge in [0.1, 0.15) is 5.78 Å². The van der Waals surface area contributed by atoms with E-state index in [0.717, 1.165) is 12.8 Å². The average Bonchev–Trinajstić information content (AvgIpc) is 2.22. The van der Waals surface area contributed by atoms with Gasteiger partial charge in [0, 0.05) is 12.3 Å². The second kappa shape index (κ2) is 1.47. The lowest BCUT2D eigenvalue weighted by Crippen LogP contribution is -2.27. The molecule has 48 valence electrons. The molecule has 3 fully saturated rings. The van der Waals surface area contributed by atoms with Gasteiger partial charge in [-0.15, -0.1) is 6.58 Å². The normalized spacial score (nSPS) is 46.7. The van der Waals surface area contributed by atoms with E-state index >= 15 is 0 Å². The molecule has 0 unspecified atom stereocenters. The highest BCUT2D eigenvalue weighted by Gasteiger charge is 2.50. The first kappa shape index (κ1) is 5.21. The number of allylic oxidation sites excluding steroid dienone is 1. The van der Waals surface area contributed by atoms with E-state index in [2.05, 4.69) is 6.58 Å². The van der Waals surface area contributed by atoms with Crippen molar-refractivity contribution in [1.29, 1.82) is 0 Å². The van der Waals surface area contributed by atoms with Crippen molar-refractivity contribution in [2.24, 2.45) is 17.8 Å². The predicted molar refractivity (Wildman–Crippen MR) is 34.9 cm³/mol. The molecule has 0 saturated heterocycles. The van der Waals surface area contributed by atoms with Crippen LogP contribution >= 0.6 is 0 Å². The first-order chi connectivity index (χ1) is 4.33. The monoisotopic (exact) mass is 122 g/mol. The quantitative estimate of drug-likeness (QED) is 0.480. The first-order valence-corrected chi connectivity index (χ1v) is 3.48. The van der Waals surface area contributed by atoms with E-state index in [9.17, 15) is 4.79 Å². The molecule has 1 heteroatoms. The van der Waals surface area contributed by atoms with Crippen molar-refractivity contribution in [1.82, 2.24) is 0 Å². The number of carbonyl (C=O) groups is 1. The van der Waals surface area contributed by atoms with Gasteiger partial charge in [-0.05, 0) is 18.3 Å². The lowest BCUT2D eigenvalue weighted by molar-refractivity contribution is -0.120. The highest BCUT2D eigenvalue weighted by molar-refractivity contribution is 5.87. The molecular weight excluding hydrogens is 112 g/mol. The molecule has 0 aromatic heterocycles. The average molecular weight is 122 g/mol. The van der Waals surface area contributed by atoms with E-state index in [0.29, 0.717) is 23.5 Å². The fourth-order valence-electron chi connectivity index (χ4n) is 2.11. The minimum Gasteiger partial charge on any atom is -0.299 e. The van der Waals surface area contributed by atoms with Crippen molar-refractivity contribution in [2.45, 2.75) is 12.8 Å². The molecule has 0 aliphatic heterocycles. The molecule has 0 spiro atoms. The number of fused-ring (bicyclic) bond motifs is 1. The van der Waals surface area contributed by atoms with Crippen LogP contribution in [0, 0.1) is 17.8 Å². The van der Waals surface area contributed by atoms with Crippen LogP contribution in [0.5, 0.6) is 0 Å². The molecule has 9 heavy (non-hydrogen) atoms. The lowest BCUT2D eigenvalue weighted by Gasteiger charge is -2.30. The zero-order valence-corrected chi connectivity index (χ0v) is 5.34. The molecule has 3 saturated carbocycles. The summed E-state index contributed by atoms with van der Waals surface area (Å²) in [6.07, 6.45) is 3.93. The third kappa shape index (κ3) is 0.473. The Hall–Kier alpha value is -0.590. The maximum atomic E-state index is 10.9. The summed E-state index contributed by atoms with van der Waals surface area (Å²) in [4.78, 5) is 10.9. The van der Waals surface area contributed by atoms with Crippen LogP contribution < -0.4 is 0 Å². The van der Waals surface area contributed by atoms with Gasteiger partial charge in [-0.1, -0.05) is 6.08 Å². The van der Waals surface area contributed by atoms with Crippen molar-refractivity contribution in [3.05, 3.63) is 12.7 Å². The Morgan fingerprint density at radius 1 is 1.67 bits per heavy atom. The van der Waals surface area contributed by atoms with Crippen LogP contribution in [-0.2, 0) is 4.79 Å². The fraction of sp³-hybridized carbons (Fsp3) is 0.625. The van der Waals surface area contributed by atoms with E-state index in [1.807, 2.05) is 6.08 Å². The van der Waals surface area contributed by atoms with Gasteiger partial charge in [-0.25, -0.2) is 0 Å². The van der Waals surface area contributed by atoms with Gasteiger partial charge in [0.05, 0.1) is 0 Å². The molecule has 3 aliphatic carbocycles. The highest BCUT2D eigenvalue weighted by atomic mass is 16.1. The van der Waals surface area contributed by atoms with E-state index in [1.54, 1.807) is 0 Å². The van der Waals surface area contributed by atoms with Gasteiger partial charge in [0.25, 0.3) is 0 Å². The summed E-state index contributed by atoms with van der Waals surface area (Å²) in [5, 5.41) is 0. The van der Waals surface area contributed by atoms with Gasteiger partial charge < -0.3 is 0 Å². The number of hydrogen-bond donors (Lipinski definition) is 0. The predicted octanol–water partition coefficient (Wildman–Crippen LogP) is 1.40. The van der Waals surface area contributed by atoms with Gasteiger partial charge >= 0.3 is 0 Å². The summed E-state index contributed by atoms with van der Waals surface area (Å²) >= 11 is 0. The Morgan fingerprint density at radius 2 is 2.44 bits per heavy atom. The van der Waals surface area contributed by atoms with Crippen molar-refractivity contribution in [2.75, 3.05) is 0 Å². The summed E-state index contributed by atoms with van der Waals surface area (Å²) in [6, 6.07) is 0. The summed E-state index contributed by atoms with van der Waals surface area (Å²) in [5.41, 5.74) is 0. The van der Waals surface area contributed by atoms with Crippen LogP contribution in [0.1, 0.15) is 12.8 Å². The maximum Gasteiger partial charge on any atom is 0.136 e. The minimum atomic E-state index is 0.382. The zero-order chi connectivity index (χ0) is 6.43. The molecule has 2 bridgehead atoms. The third-order valence-corrected chi connectivity index (χ3v) is 2.71. The van der Waals surface area contributed by atoms with Crippen LogP contribution in [0.15, 0.2) is 12.7 Å². The Bertz CT molecular complexity index is 171. The SMILES string of the molecule is C=C[C@@H]1[C@H]2CC(=O)[C@@H]1C2. The Labute approximate surface area is 54.8 Å². The van der Waals surface area contributed by atoms with Crippen LogP contribution in [0.25, 0.3) is 0 Å². The third-order valence-electron chi connectivity index (χ3n) is 2.71. The Balaban J connectivity index is 2.21. The van der Waals surface area contributed by atoms with Gasteiger partial charge in [-0.2, -0.15) is 0 Å². The van der Waals surface area contributed by atoms with Crippen LogP contribution in [0.3, 0.4) is 0 Å². The summed E-state index contributed by atoms with van der Waals surface area (Å²) < 4.78 is 0. The zero-order valence-electron chi connectivity index (χ0n) is 5.34. The molecule has 0 aromatic rings. The molecule has 3 rings (SSSR count). The summed E-state index contributed by atoms with van der Waals surface area (Å²) in [5.74, 6) is 2.09. The second-order valence-corrected chi connectivity index (χ2v) is 3.09. The van der Waals surface area contributed by atoms with E-state index in [4.69, 9.17) is 0 Å². The topological polar surface area (TPSA) is 17.1 Å². The first-order valence-electron chi connectivity index (χ1n) is 3.48. The smallest absolute Gasteiger partial charge is 0.136 e. The van der Waals surface area contributed by atoms with E-state index in [1.165, 1.54) is 0 Å². The molecule has 0 radical (unpaired) electrons. The molecule has 1 nitrogen and oxygen atoms in total. The van der Waals surface area contributed by atoms with Gasteiger partial charge in [0.15, 0.2) is 0 Å². The number of carbonyl (C=O) groups excluding carboxylic acids is 1. The van der Waals surface area contributed by atoms with E-state index in [-0.39, 0.29) is 0 Å². The van der Waals surface area contributed by atoms with Crippen LogP contribution in [-0.4, -0.2) is 5.78 Å². The van der Waals surface area contributed by atoms with E-state index < -0.39 is 0 Å². The Morgan fingerprint density at radius 3 is 2.67 bits per heavy atom. The van der Waals surface area contributed by atoms with Crippen LogP contribution in [0.2, 0.25) is 0 Å². The molecule has 0 amide bonds. The molecule has 3 atom stereocenters. The van der Waals surface area contributed by atoms with Gasteiger partial charge in [0.2, 0.25) is 0 Å². The Kier molecular flexibility index (Phi) is 0.850. The number of ketones is 1. The molecule has 0 aromatic carbocycles. The molecule has 0 N–H and O–H groups in total. The second-order valence-electron chi connectivity index (χ2n) is 3.09. The number of rotatable bonds is 1. The maximum absolute atomic E-state index is 10.9. The molecule has 0 heterocycles. The molecular formula is C8H10O. The lowest BCUT2D eigenvalue weighted by atomic mass is 9.72. The number of hydrogen-bond acceptors (Lipinski definition) is 1. The number of Topliss-reactive ketones (excluding diaryl/α,β-unsaturated/α-hetero) is 1. The fourth-order valence-corrected chi connectivity index (χ4v) is 2.11.